The predicted molar refractivity (Wildman–Crippen MR) is 110 cm³/mol. The molecule has 0 aliphatic rings. The Kier molecular flexibility index (Phi) is 5.61. The average molecular weight is 426 g/mol. The summed E-state index contributed by atoms with van der Waals surface area (Å²) in [5.41, 5.74) is 2.29. The highest BCUT2D eigenvalue weighted by Crippen LogP contribution is 2.22. The van der Waals surface area contributed by atoms with Crippen LogP contribution in [0, 0.1) is 11.6 Å². The van der Waals surface area contributed by atoms with Crippen molar-refractivity contribution in [1.82, 2.24) is 24.8 Å². The molecular weight excluding hydrogens is 406 g/mol. The van der Waals surface area contributed by atoms with Gasteiger partial charge in [-0.15, -0.1) is 5.10 Å². The highest BCUT2D eigenvalue weighted by Gasteiger charge is 2.13. The fourth-order valence-corrected chi connectivity index (χ4v) is 3.32. The number of rotatable bonds is 7. The third-order valence-electron chi connectivity index (χ3n) is 4.77. The Hall–Kier alpha value is -3.82. The smallest absolute Gasteiger partial charge is 0.230 e. The Bertz CT molecular complexity index is 1250. The van der Waals surface area contributed by atoms with Crippen LogP contribution in [-0.2, 0) is 24.3 Å². The molecule has 1 amide bonds. The molecule has 31 heavy (non-hydrogen) atoms. The van der Waals surface area contributed by atoms with Crippen molar-refractivity contribution in [2.45, 2.75) is 26.4 Å². The van der Waals surface area contributed by atoms with Gasteiger partial charge in [0.15, 0.2) is 17.4 Å². The molecule has 160 valence electrons. The number of anilines is 1. The van der Waals surface area contributed by atoms with Crippen LogP contribution in [0.15, 0.2) is 42.7 Å². The lowest BCUT2D eigenvalue weighted by atomic mass is 10.1. The van der Waals surface area contributed by atoms with E-state index in [9.17, 15) is 13.6 Å². The molecule has 2 aromatic heterocycles. The molecule has 2 heterocycles. The second-order valence-electron chi connectivity index (χ2n) is 6.93. The predicted octanol–water partition coefficient (Wildman–Crippen LogP) is 3.16. The molecule has 0 spiro atoms. The SMILES string of the molecule is CCn1ncc2cc(CC(=O)Nc3cnn(Cc4cc(F)c(F)c(OC)c4)n3)ccc21. The van der Waals surface area contributed by atoms with Crippen molar-refractivity contribution >= 4 is 22.6 Å². The van der Waals surface area contributed by atoms with E-state index in [0.717, 1.165) is 29.1 Å². The van der Waals surface area contributed by atoms with Crippen molar-refractivity contribution in [2.24, 2.45) is 0 Å². The molecule has 0 fully saturated rings. The fraction of sp³-hybridized carbons (Fsp3) is 0.238. The van der Waals surface area contributed by atoms with E-state index in [2.05, 4.69) is 20.6 Å². The Balaban J connectivity index is 1.40. The van der Waals surface area contributed by atoms with Crippen molar-refractivity contribution in [3.63, 3.8) is 0 Å². The van der Waals surface area contributed by atoms with E-state index in [-0.39, 0.29) is 30.4 Å². The van der Waals surface area contributed by atoms with Crippen LogP contribution in [0.3, 0.4) is 0 Å². The van der Waals surface area contributed by atoms with Gasteiger partial charge in [-0.05, 0) is 42.3 Å². The van der Waals surface area contributed by atoms with Crippen molar-refractivity contribution in [1.29, 1.82) is 0 Å². The summed E-state index contributed by atoms with van der Waals surface area (Å²) in [6.07, 6.45) is 3.34. The van der Waals surface area contributed by atoms with Crippen LogP contribution in [-0.4, -0.2) is 37.8 Å². The van der Waals surface area contributed by atoms with Gasteiger partial charge in [0.1, 0.15) is 0 Å². The Morgan fingerprint density at radius 2 is 1.97 bits per heavy atom. The van der Waals surface area contributed by atoms with Gasteiger partial charge in [-0.25, -0.2) is 4.39 Å². The maximum Gasteiger partial charge on any atom is 0.230 e. The van der Waals surface area contributed by atoms with Gasteiger partial charge < -0.3 is 10.1 Å². The van der Waals surface area contributed by atoms with E-state index >= 15 is 0 Å². The van der Waals surface area contributed by atoms with Gasteiger partial charge >= 0.3 is 0 Å². The molecule has 2 aromatic carbocycles. The number of nitrogens with zero attached hydrogens (tertiary/aromatic N) is 5. The highest BCUT2D eigenvalue weighted by molar-refractivity contribution is 5.92. The van der Waals surface area contributed by atoms with Crippen molar-refractivity contribution in [2.75, 3.05) is 12.4 Å². The topological polar surface area (TPSA) is 86.9 Å². The number of aryl methyl sites for hydroxylation is 1. The molecule has 0 atom stereocenters. The first kappa shape index (κ1) is 20.5. The number of nitrogens with one attached hydrogen (secondary N) is 1. The largest absolute Gasteiger partial charge is 0.494 e. The van der Waals surface area contributed by atoms with E-state index < -0.39 is 11.6 Å². The van der Waals surface area contributed by atoms with Crippen LogP contribution in [0.4, 0.5) is 14.6 Å². The van der Waals surface area contributed by atoms with Crippen molar-refractivity contribution in [3.8, 4) is 5.75 Å². The molecule has 4 aromatic rings. The summed E-state index contributed by atoms with van der Waals surface area (Å²) < 4.78 is 33.9. The third-order valence-corrected chi connectivity index (χ3v) is 4.77. The minimum absolute atomic E-state index is 0.0848. The molecule has 0 aliphatic carbocycles. The number of hydrogen-bond donors (Lipinski definition) is 1. The average Bonchev–Trinajstić information content (AvgIpc) is 3.36. The second kappa shape index (κ2) is 8.50. The minimum atomic E-state index is -1.05. The molecule has 4 rings (SSSR count). The number of carbonyl (C=O) groups excluding carboxylic acids is 1. The standard InChI is InChI=1S/C21H20F2N6O2/c1-3-28-17-5-4-13(6-15(17)10-24-28)9-20(30)26-19-11-25-29(27-19)12-14-7-16(22)21(23)18(8-14)31-2/h4-8,10-11H,3,9,12H2,1-2H3,(H,26,27,30). The lowest BCUT2D eigenvalue weighted by Crippen LogP contribution is -2.15. The molecule has 10 heteroatoms. The zero-order valence-corrected chi connectivity index (χ0v) is 17.0. The maximum absolute atomic E-state index is 13.7. The molecule has 0 radical (unpaired) electrons. The summed E-state index contributed by atoms with van der Waals surface area (Å²) in [4.78, 5) is 13.7. The van der Waals surface area contributed by atoms with Crippen molar-refractivity contribution < 1.29 is 18.3 Å². The number of benzene rings is 2. The van der Waals surface area contributed by atoms with Gasteiger partial charge in [-0.2, -0.15) is 19.4 Å². The van der Waals surface area contributed by atoms with Crippen molar-refractivity contribution in [3.05, 3.63) is 65.5 Å². The Labute approximate surface area is 176 Å². The van der Waals surface area contributed by atoms with E-state index in [0.29, 0.717) is 5.56 Å². The fourth-order valence-electron chi connectivity index (χ4n) is 3.32. The Morgan fingerprint density at radius 1 is 1.13 bits per heavy atom. The first-order valence-electron chi connectivity index (χ1n) is 9.63. The summed E-state index contributed by atoms with van der Waals surface area (Å²) in [5, 5.41) is 16.2. The van der Waals surface area contributed by atoms with Crippen LogP contribution in [0.5, 0.6) is 5.75 Å². The molecule has 0 saturated heterocycles. The minimum Gasteiger partial charge on any atom is -0.494 e. The van der Waals surface area contributed by atoms with Gasteiger partial charge in [0.2, 0.25) is 11.7 Å². The number of carbonyl (C=O) groups is 1. The summed E-state index contributed by atoms with van der Waals surface area (Å²) in [6, 6.07) is 8.19. The first-order valence-corrected chi connectivity index (χ1v) is 9.63. The zero-order valence-electron chi connectivity index (χ0n) is 17.0. The number of methoxy groups -OCH3 is 1. The van der Waals surface area contributed by atoms with E-state index in [4.69, 9.17) is 4.74 Å². The normalized spacial score (nSPS) is 11.1. The Morgan fingerprint density at radius 3 is 2.74 bits per heavy atom. The van der Waals surface area contributed by atoms with Crippen LogP contribution >= 0.6 is 0 Å². The number of hydrogen-bond acceptors (Lipinski definition) is 5. The van der Waals surface area contributed by atoms with Gasteiger partial charge in [-0.1, -0.05) is 6.07 Å². The summed E-state index contributed by atoms with van der Waals surface area (Å²) in [5.74, 6) is -2.25. The summed E-state index contributed by atoms with van der Waals surface area (Å²) in [6.45, 7) is 2.88. The van der Waals surface area contributed by atoms with Gasteiger partial charge in [0.25, 0.3) is 0 Å². The number of halogens is 2. The molecule has 0 saturated carbocycles. The number of amides is 1. The zero-order chi connectivity index (χ0) is 22.0. The van der Waals surface area contributed by atoms with Gasteiger partial charge in [0.05, 0.1) is 38.0 Å². The lowest BCUT2D eigenvalue weighted by Gasteiger charge is -2.06. The van der Waals surface area contributed by atoms with Crippen LogP contribution in [0.25, 0.3) is 10.9 Å². The third kappa shape index (κ3) is 4.37. The monoisotopic (exact) mass is 426 g/mol. The number of fused-ring (bicyclic) bond motifs is 1. The summed E-state index contributed by atoms with van der Waals surface area (Å²) >= 11 is 0. The first-order chi connectivity index (χ1) is 15.0. The molecule has 0 aliphatic heterocycles. The quantitative estimate of drug-likeness (QED) is 0.491. The number of ether oxygens (including phenoxy) is 1. The highest BCUT2D eigenvalue weighted by atomic mass is 19.2. The van der Waals surface area contributed by atoms with E-state index in [1.165, 1.54) is 24.2 Å². The number of aromatic nitrogens is 5. The molecule has 1 N–H and O–H groups in total. The molecule has 0 bridgehead atoms. The molecule has 0 unspecified atom stereocenters. The van der Waals surface area contributed by atoms with Crippen LogP contribution in [0.1, 0.15) is 18.1 Å². The second-order valence-corrected chi connectivity index (χ2v) is 6.93. The molecule has 8 nitrogen and oxygen atoms in total. The van der Waals surface area contributed by atoms with Crippen LogP contribution in [0.2, 0.25) is 0 Å². The summed E-state index contributed by atoms with van der Waals surface area (Å²) in [7, 11) is 1.26. The van der Waals surface area contributed by atoms with Gasteiger partial charge in [0, 0.05) is 11.9 Å². The maximum atomic E-state index is 13.7. The van der Waals surface area contributed by atoms with Crippen LogP contribution < -0.4 is 10.1 Å². The lowest BCUT2D eigenvalue weighted by molar-refractivity contribution is -0.115. The van der Waals surface area contributed by atoms with Gasteiger partial charge in [-0.3, -0.25) is 9.48 Å². The van der Waals surface area contributed by atoms with E-state index in [1.54, 1.807) is 6.20 Å². The molecular formula is C21H20F2N6O2. The van der Waals surface area contributed by atoms with E-state index in [1.807, 2.05) is 29.8 Å².